The SMILES string of the molecule is CC(=O)Nc1c(C)cc2c(nc3n2CCC3CC(=O)[O-])c1[N+](=O)[O-]. The lowest BCUT2D eigenvalue weighted by atomic mass is 10.0. The topological polar surface area (TPSA) is 130 Å². The van der Waals surface area contributed by atoms with Crippen LogP contribution in [0.5, 0.6) is 0 Å². The first-order chi connectivity index (χ1) is 11.3. The van der Waals surface area contributed by atoms with Gasteiger partial charge in [0.25, 0.3) is 0 Å². The highest BCUT2D eigenvalue weighted by molar-refractivity contribution is 6.00. The summed E-state index contributed by atoms with van der Waals surface area (Å²) < 4.78 is 1.81. The fourth-order valence-corrected chi connectivity index (χ4v) is 3.25. The molecule has 2 heterocycles. The number of nitrogens with zero attached hydrogens (tertiary/aromatic N) is 3. The number of benzene rings is 1. The van der Waals surface area contributed by atoms with Crippen molar-refractivity contribution in [1.29, 1.82) is 0 Å². The molecule has 0 spiro atoms. The van der Waals surface area contributed by atoms with Gasteiger partial charge < -0.3 is 19.8 Å². The zero-order valence-corrected chi connectivity index (χ0v) is 13.2. The average molecular weight is 331 g/mol. The van der Waals surface area contributed by atoms with E-state index in [-0.39, 0.29) is 29.2 Å². The summed E-state index contributed by atoms with van der Waals surface area (Å²) >= 11 is 0. The molecule has 1 amide bonds. The van der Waals surface area contributed by atoms with Gasteiger partial charge in [-0.25, -0.2) is 4.98 Å². The first kappa shape index (κ1) is 15.9. The molecule has 24 heavy (non-hydrogen) atoms. The van der Waals surface area contributed by atoms with Crippen LogP contribution in [0.3, 0.4) is 0 Å². The Morgan fingerprint density at radius 2 is 2.21 bits per heavy atom. The van der Waals surface area contributed by atoms with Crippen molar-refractivity contribution in [2.24, 2.45) is 0 Å². The molecule has 3 rings (SSSR count). The van der Waals surface area contributed by atoms with Crippen molar-refractivity contribution >= 4 is 34.3 Å². The fourth-order valence-electron chi connectivity index (χ4n) is 3.25. The minimum Gasteiger partial charge on any atom is -0.550 e. The van der Waals surface area contributed by atoms with Gasteiger partial charge in [-0.2, -0.15) is 0 Å². The molecule has 0 saturated carbocycles. The van der Waals surface area contributed by atoms with Gasteiger partial charge in [-0.15, -0.1) is 0 Å². The van der Waals surface area contributed by atoms with Crippen LogP contribution in [0, 0.1) is 17.0 Å². The summed E-state index contributed by atoms with van der Waals surface area (Å²) in [6.45, 7) is 3.49. The van der Waals surface area contributed by atoms with Crippen molar-refractivity contribution in [2.75, 3.05) is 5.32 Å². The molecule has 1 aliphatic heterocycles. The second kappa shape index (κ2) is 5.59. The Bertz CT molecular complexity index is 886. The van der Waals surface area contributed by atoms with Crippen LogP contribution in [0.2, 0.25) is 0 Å². The van der Waals surface area contributed by atoms with Gasteiger partial charge >= 0.3 is 5.69 Å². The number of nitrogens with one attached hydrogen (secondary N) is 1. The number of nitro benzene ring substituents is 1. The summed E-state index contributed by atoms with van der Waals surface area (Å²) in [7, 11) is 0. The molecule has 0 saturated heterocycles. The number of aliphatic carboxylic acids is 1. The lowest BCUT2D eigenvalue weighted by Gasteiger charge is -2.09. The molecule has 1 unspecified atom stereocenters. The van der Waals surface area contributed by atoms with E-state index in [4.69, 9.17) is 0 Å². The normalized spacial score (nSPS) is 16.2. The minimum atomic E-state index is -1.18. The number of nitro groups is 1. The highest BCUT2D eigenvalue weighted by Gasteiger charge is 2.32. The zero-order valence-electron chi connectivity index (χ0n) is 13.2. The van der Waals surface area contributed by atoms with E-state index in [1.807, 2.05) is 0 Å². The third kappa shape index (κ3) is 2.47. The van der Waals surface area contributed by atoms with E-state index in [0.29, 0.717) is 29.9 Å². The maximum absolute atomic E-state index is 11.6. The maximum Gasteiger partial charge on any atom is 0.320 e. The highest BCUT2D eigenvalue weighted by Crippen LogP contribution is 2.41. The first-order valence-corrected chi connectivity index (χ1v) is 7.45. The largest absolute Gasteiger partial charge is 0.550 e. The zero-order chi connectivity index (χ0) is 17.6. The standard InChI is InChI=1S/C15H16N4O5/c1-7-5-10-13(14(19(23)24)12(7)16-8(2)20)17-15-9(6-11(21)22)3-4-18(10)15/h5,9H,3-4,6H2,1-2H3,(H,16,20)(H,21,22)/p-1. The number of imidazole rings is 1. The smallest absolute Gasteiger partial charge is 0.320 e. The monoisotopic (exact) mass is 331 g/mol. The summed E-state index contributed by atoms with van der Waals surface area (Å²) in [5.41, 5.74) is 1.13. The summed E-state index contributed by atoms with van der Waals surface area (Å²) in [5.74, 6) is -1.41. The van der Waals surface area contributed by atoms with Gasteiger partial charge in [0, 0.05) is 25.4 Å². The number of hydrogen-bond acceptors (Lipinski definition) is 6. The van der Waals surface area contributed by atoms with Gasteiger partial charge in [-0.1, -0.05) is 0 Å². The molecule has 0 radical (unpaired) electrons. The van der Waals surface area contributed by atoms with Crippen molar-refractivity contribution < 1.29 is 19.6 Å². The van der Waals surface area contributed by atoms with Gasteiger partial charge in [0.1, 0.15) is 11.5 Å². The van der Waals surface area contributed by atoms with Crippen LogP contribution >= 0.6 is 0 Å². The Morgan fingerprint density at radius 3 is 2.79 bits per heavy atom. The predicted octanol–water partition coefficient (Wildman–Crippen LogP) is 0.839. The molecular weight excluding hydrogens is 316 g/mol. The van der Waals surface area contributed by atoms with Gasteiger partial charge in [0.15, 0.2) is 5.52 Å². The van der Waals surface area contributed by atoms with Crippen LogP contribution in [0.15, 0.2) is 6.07 Å². The molecule has 1 N–H and O–H groups in total. The number of carbonyl (C=O) groups excluding carboxylic acids is 2. The highest BCUT2D eigenvalue weighted by atomic mass is 16.6. The molecule has 126 valence electrons. The van der Waals surface area contributed by atoms with E-state index >= 15 is 0 Å². The third-order valence-corrected chi connectivity index (χ3v) is 4.21. The Morgan fingerprint density at radius 1 is 1.50 bits per heavy atom. The summed E-state index contributed by atoms with van der Waals surface area (Å²) in [6.07, 6.45) is 0.432. The molecule has 0 aliphatic carbocycles. The van der Waals surface area contributed by atoms with E-state index < -0.39 is 16.8 Å². The van der Waals surface area contributed by atoms with E-state index in [9.17, 15) is 24.8 Å². The molecule has 1 aromatic heterocycles. The first-order valence-electron chi connectivity index (χ1n) is 7.45. The second-order valence-corrected chi connectivity index (χ2v) is 5.91. The lowest BCUT2D eigenvalue weighted by Crippen LogP contribution is -2.24. The van der Waals surface area contributed by atoms with Crippen LogP contribution in [0.25, 0.3) is 11.0 Å². The van der Waals surface area contributed by atoms with Gasteiger partial charge in [-0.3, -0.25) is 14.9 Å². The van der Waals surface area contributed by atoms with E-state index in [2.05, 4.69) is 10.3 Å². The molecule has 1 aliphatic rings. The molecule has 1 atom stereocenters. The number of hydrogen-bond donors (Lipinski definition) is 1. The van der Waals surface area contributed by atoms with E-state index in [1.54, 1.807) is 17.6 Å². The molecule has 2 aromatic rings. The molecular formula is C15H15N4O5-. The molecule has 9 heteroatoms. The summed E-state index contributed by atoms with van der Waals surface area (Å²) in [6, 6.07) is 1.73. The number of rotatable bonds is 4. The number of carboxylic acids is 1. The van der Waals surface area contributed by atoms with Gasteiger partial charge in [-0.05, 0) is 31.4 Å². The number of carboxylic acid groups (broad SMARTS) is 1. The van der Waals surface area contributed by atoms with Crippen molar-refractivity contribution in [3.05, 3.63) is 27.6 Å². The lowest BCUT2D eigenvalue weighted by molar-refractivity contribution is -0.382. The van der Waals surface area contributed by atoms with Crippen LogP contribution in [0.1, 0.15) is 37.1 Å². The number of amides is 1. The van der Waals surface area contributed by atoms with Crippen molar-refractivity contribution in [2.45, 2.75) is 39.2 Å². The van der Waals surface area contributed by atoms with Crippen molar-refractivity contribution in [3.63, 3.8) is 0 Å². The van der Waals surface area contributed by atoms with Crippen LogP contribution in [0.4, 0.5) is 11.4 Å². The van der Waals surface area contributed by atoms with Gasteiger partial charge in [0.05, 0.1) is 10.4 Å². The van der Waals surface area contributed by atoms with E-state index in [0.717, 1.165) is 0 Å². The minimum absolute atomic E-state index is 0.119. The predicted molar refractivity (Wildman–Crippen MR) is 82.4 cm³/mol. The molecule has 9 nitrogen and oxygen atoms in total. The van der Waals surface area contributed by atoms with E-state index in [1.165, 1.54) is 6.92 Å². The Kier molecular flexibility index (Phi) is 3.70. The van der Waals surface area contributed by atoms with Crippen LogP contribution < -0.4 is 10.4 Å². The Balaban J connectivity index is 2.24. The van der Waals surface area contributed by atoms with Crippen LogP contribution in [-0.4, -0.2) is 26.4 Å². The maximum atomic E-state index is 11.6. The number of aromatic nitrogens is 2. The average Bonchev–Trinajstić information content (AvgIpc) is 2.99. The third-order valence-electron chi connectivity index (χ3n) is 4.21. The number of aryl methyl sites for hydroxylation is 2. The quantitative estimate of drug-likeness (QED) is 0.652. The number of anilines is 1. The fraction of sp³-hybridized carbons (Fsp3) is 0.400. The molecule has 1 aromatic carbocycles. The molecule has 0 bridgehead atoms. The summed E-state index contributed by atoms with van der Waals surface area (Å²) in [4.78, 5) is 37.6. The van der Waals surface area contributed by atoms with Gasteiger partial charge in [0.2, 0.25) is 5.91 Å². The summed E-state index contributed by atoms with van der Waals surface area (Å²) in [5, 5.41) is 24.9. The second-order valence-electron chi connectivity index (χ2n) is 5.91. The number of carbonyl (C=O) groups is 2. The Labute approximate surface area is 136 Å². The van der Waals surface area contributed by atoms with Crippen molar-refractivity contribution in [3.8, 4) is 0 Å². The number of fused-ring (bicyclic) bond motifs is 3. The van der Waals surface area contributed by atoms with Crippen molar-refractivity contribution in [1.82, 2.24) is 9.55 Å². The van der Waals surface area contributed by atoms with Crippen LogP contribution in [-0.2, 0) is 16.1 Å². The molecule has 0 fully saturated rings. The Hall–Kier alpha value is -2.97.